The van der Waals surface area contributed by atoms with Crippen LogP contribution in [0.5, 0.6) is 11.5 Å². The number of hydrogen-bond donors (Lipinski definition) is 1. The van der Waals surface area contributed by atoms with Crippen molar-refractivity contribution < 1.29 is 23.9 Å². The van der Waals surface area contributed by atoms with Gasteiger partial charge in [0, 0.05) is 19.3 Å². The Morgan fingerprint density at radius 3 is 2.40 bits per heavy atom. The maximum absolute atomic E-state index is 11.7. The van der Waals surface area contributed by atoms with Crippen LogP contribution in [0.25, 0.3) is 0 Å². The lowest BCUT2D eigenvalue weighted by atomic mass is 9.97. The van der Waals surface area contributed by atoms with Gasteiger partial charge in [0.1, 0.15) is 11.5 Å². The molecule has 5 heteroatoms. The van der Waals surface area contributed by atoms with E-state index in [1.165, 1.54) is 0 Å². The number of carbonyl (C=O) groups is 1. The van der Waals surface area contributed by atoms with Gasteiger partial charge in [-0.25, -0.2) is 0 Å². The SMILES string of the molecule is CCOC(=O)C1CC[NH+](CCCOc2ccc(OC(C)C)cc2)CC1. The molecule has 1 N–H and O–H groups in total. The van der Waals surface area contributed by atoms with Crippen molar-refractivity contribution in [2.45, 2.75) is 46.1 Å². The molecule has 0 atom stereocenters. The Labute approximate surface area is 151 Å². The number of benzene rings is 1. The zero-order valence-electron chi connectivity index (χ0n) is 15.8. The first-order chi connectivity index (χ1) is 12.1. The van der Waals surface area contributed by atoms with Gasteiger partial charge in [-0.15, -0.1) is 0 Å². The first-order valence-corrected chi connectivity index (χ1v) is 9.48. The molecule has 0 aromatic heterocycles. The van der Waals surface area contributed by atoms with Crippen molar-refractivity contribution in [2.24, 2.45) is 5.92 Å². The Balaban J connectivity index is 1.60. The summed E-state index contributed by atoms with van der Waals surface area (Å²) in [5.41, 5.74) is 0. The molecule has 2 rings (SSSR count). The fourth-order valence-corrected chi connectivity index (χ4v) is 3.17. The lowest BCUT2D eigenvalue weighted by Gasteiger charge is -2.28. The molecule has 25 heavy (non-hydrogen) atoms. The summed E-state index contributed by atoms with van der Waals surface area (Å²) < 4.78 is 16.5. The molecular formula is C20H32NO4+. The van der Waals surface area contributed by atoms with Gasteiger partial charge in [0.15, 0.2) is 0 Å². The lowest BCUT2D eigenvalue weighted by molar-refractivity contribution is -0.906. The third-order valence-electron chi connectivity index (χ3n) is 4.45. The van der Waals surface area contributed by atoms with Crippen LogP contribution in [0, 0.1) is 5.92 Å². The van der Waals surface area contributed by atoms with Crippen LogP contribution in [-0.2, 0) is 9.53 Å². The van der Waals surface area contributed by atoms with Gasteiger partial charge in [0.2, 0.25) is 0 Å². The van der Waals surface area contributed by atoms with Crippen LogP contribution in [0.1, 0.15) is 40.0 Å². The molecule has 1 aromatic carbocycles. The number of carbonyl (C=O) groups excluding carboxylic acids is 1. The zero-order chi connectivity index (χ0) is 18.1. The molecule has 0 radical (unpaired) electrons. The minimum absolute atomic E-state index is 0.0187. The van der Waals surface area contributed by atoms with Gasteiger partial charge < -0.3 is 19.1 Å². The number of quaternary nitrogens is 1. The highest BCUT2D eigenvalue weighted by atomic mass is 16.5. The smallest absolute Gasteiger partial charge is 0.309 e. The molecule has 5 nitrogen and oxygen atoms in total. The molecule has 0 aliphatic carbocycles. The average Bonchev–Trinajstić information content (AvgIpc) is 2.60. The minimum atomic E-state index is -0.0187. The highest BCUT2D eigenvalue weighted by Crippen LogP contribution is 2.18. The summed E-state index contributed by atoms with van der Waals surface area (Å²) in [7, 11) is 0. The fourth-order valence-electron chi connectivity index (χ4n) is 3.17. The van der Waals surface area contributed by atoms with Crippen molar-refractivity contribution in [3.63, 3.8) is 0 Å². The summed E-state index contributed by atoms with van der Waals surface area (Å²) >= 11 is 0. The van der Waals surface area contributed by atoms with Crippen LogP contribution in [-0.4, -0.2) is 44.9 Å². The molecule has 0 spiro atoms. The van der Waals surface area contributed by atoms with Crippen molar-refractivity contribution >= 4 is 5.97 Å². The van der Waals surface area contributed by atoms with E-state index in [4.69, 9.17) is 14.2 Å². The van der Waals surface area contributed by atoms with Gasteiger partial charge in [-0.05, 0) is 45.0 Å². The second-order valence-electron chi connectivity index (χ2n) is 6.87. The van der Waals surface area contributed by atoms with Gasteiger partial charge in [-0.1, -0.05) is 0 Å². The van der Waals surface area contributed by atoms with Crippen molar-refractivity contribution in [1.82, 2.24) is 0 Å². The van der Waals surface area contributed by atoms with E-state index in [0.29, 0.717) is 6.61 Å². The van der Waals surface area contributed by atoms with Crippen molar-refractivity contribution in [2.75, 3.05) is 32.8 Å². The van der Waals surface area contributed by atoms with E-state index >= 15 is 0 Å². The van der Waals surface area contributed by atoms with Crippen molar-refractivity contribution in [3.8, 4) is 11.5 Å². The van der Waals surface area contributed by atoms with Gasteiger partial charge in [0.25, 0.3) is 0 Å². The maximum atomic E-state index is 11.7. The van der Waals surface area contributed by atoms with Crippen molar-refractivity contribution in [3.05, 3.63) is 24.3 Å². The monoisotopic (exact) mass is 350 g/mol. The number of rotatable bonds is 9. The number of esters is 1. The molecule has 0 unspecified atom stereocenters. The first kappa shape index (κ1) is 19.6. The van der Waals surface area contributed by atoms with Crippen molar-refractivity contribution in [1.29, 1.82) is 0 Å². The molecule has 1 aliphatic heterocycles. The number of ether oxygens (including phenoxy) is 3. The lowest BCUT2D eigenvalue weighted by Crippen LogP contribution is -3.13. The topological polar surface area (TPSA) is 49.2 Å². The van der Waals surface area contributed by atoms with E-state index in [-0.39, 0.29) is 18.0 Å². The largest absolute Gasteiger partial charge is 0.493 e. The predicted molar refractivity (Wildman–Crippen MR) is 97.2 cm³/mol. The summed E-state index contributed by atoms with van der Waals surface area (Å²) in [6, 6.07) is 7.80. The molecule has 1 aromatic rings. The molecule has 1 aliphatic rings. The Morgan fingerprint density at radius 1 is 1.16 bits per heavy atom. The van der Waals surface area contributed by atoms with E-state index in [1.54, 1.807) is 4.90 Å². The summed E-state index contributed by atoms with van der Waals surface area (Å²) in [6.07, 6.45) is 3.07. The van der Waals surface area contributed by atoms with Gasteiger partial charge in [-0.3, -0.25) is 4.79 Å². The average molecular weight is 350 g/mol. The third kappa shape index (κ3) is 6.94. The summed E-state index contributed by atoms with van der Waals surface area (Å²) in [5.74, 6) is 1.84. The highest BCUT2D eigenvalue weighted by molar-refractivity contribution is 5.72. The minimum Gasteiger partial charge on any atom is -0.493 e. The number of likely N-dealkylation sites (tertiary alicyclic amines) is 1. The fraction of sp³-hybridized carbons (Fsp3) is 0.650. The number of hydrogen-bond acceptors (Lipinski definition) is 4. The normalized spacial score (nSPS) is 20.3. The maximum Gasteiger partial charge on any atom is 0.309 e. The van der Waals surface area contributed by atoms with E-state index in [0.717, 1.165) is 57.0 Å². The summed E-state index contributed by atoms with van der Waals surface area (Å²) in [6.45, 7) is 10.3. The van der Waals surface area contributed by atoms with Gasteiger partial charge in [0.05, 0.1) is 44.9 Å². The Bertz CT molecular complexity index is 507. The van der Waals surface area contributed by atoms with Crippen LogP contribution in [0.15, 0.2) is 24.3 Å². The Hall–Kier alpha value is -1.75. The third-order valence-corrected chi connectivity index (χ3v) is 4.45. The van der Waals surface area contributed by atoms with Crippen LogP contribution in [0.4, 0.5) is 0 Å². The quantitative estimate of drug-likeness (QED) is 0.547. The number of piperidine rings is 1. The molecule has 140 valence electrons. The molecule has 0 amide bonds. The molecule has 1 saturated heterocycles. The van der Waals surface area contributed by atoms with Crippen LogP contribution >= 0.6 is 0 Å². The van der Waals surface area contributed by atoms with Gasteiger partial charge in [-0.2, -0.15) is 0 Å². The second-order valence-corrected chi connectivity index (χ2v) is 6.87. The summed E-state index contributed by atoms with van der Waals surface area (Å²) in [4.78, 5) is 13.3. The van der Waals surface area contributed by atoms with Crippen LogP contribution < -0.4 is 14.4 Å². The highest BCUT2D eigenvalue weighted by Gasteiger charge is 2.27. The standard InChI is InChI=1S/C20H31NO4/c1-4-23-20(22)17-10-13-21(14-11-17)12-5-15-24-18-6-8-19(9-7-18)25-16(2)3/h6-9,16-17H,4-5,10-15H2,1-3H3/p+1. The molecule has 0 bridgehead atoms. The van der Waals surface area contributed by atoms with E-state index in [2.05, 4.69) is 0 Å². The molecule has 1 fully saturated rings. The Kier molecular flexibility index (Phi) is 8.06. The molecule has 1 heterocycles. The Morgan fingerprint density at radius 2 is 1.80 bits per heavy atom. The predicted octanol–water partition coefficient (Wildman–Crippen LogP) is 2.10. The van der Waals surface area contributed by atoms with Gasteiger partial charge >= 0.3 is 5.97 Å². The molecular weight excluding hydrogens is 318 g/mol. The van der Waals surface area contributed by atoms with Crippen LogP contribution in [0.2, 0.25) is 0 Å². The van der Waals surface area contributed by atoms with E-state index in [9.17, 15) is 4.79 Å². The van der Waals surface area contributed by atoms with Crippen LogP contribution in [0.3, 0.4) is 0 Å². The zero-order valence-corrected chi connectivity index (χ0v) is 15.8. The molecule has 0 saturated carbocycles. The van der Waals surface area contributed by atoms with E-state index in [1.807, 2.05) is 45.0 Å². The second kappa shape index (κ2) is 10.3. The first-order valence-electron chi connectivity index (χ1n) is 9.48. The summed E-state index contributed by atoms with van der Waals surface area (Å²) in [5, 5.41) is 0. The van der Waals surface area contributed by atoms with E-state index < -0.39 is 0 Å². The number of nitrogens with one attached hydrogen (secondary N) is 1.